The van der Waals surface area contributed by atoms with Crippen LogP contribution in [-0.2, 0) is 6.42 Å². The Bertz CT molecular complexity index is 629. The molecule has 0 saturated heterocycles. The highest BCUT2D eigenvalue weighted by Gasteiger charge is 2.08. The molecule has 0 aliphatic heterocycles. The van der Waals surface area contributed by atoms with Crippen LogP contribution in [0.3, 0.4) is 0 Å². The Morgan fingerprint density at radius 1 is 1.25 bits per heavy atom. The van der Waals surface area contributed by atoms with Crippen LogP contribution in [0.4, 0.5) is 0 Å². The predicted octanol–water partition coefficient (Wildman–Crippen LogP) is 3.08. The molecule has 2 N–H and O–H groups in total. The number of benzene rings is 1. The van der Waals surface area contributed by atoms with Crippen LogP contribution in [0.25, 0.3) is 0 Å². The Hall–Kier alpha value is -2.14. The van der Waals surface area contributed by atoms with E-state index in [2.05, 4.69) is 11.9 Å². The summed E-state index contributed by atoms with van der Waals surface area (Å²) in [5, 5.41) is 0. The van der Waals surface area contributed by atoms with E-state index < -0.39 is 0 Å². The fourth-order valence-corrected chi connectivity index (χ4v) is 1.87. The van der Waals surface area contributed by atoms with Gasteiger partial charge in [0.05, 0.1) is 7.11 Å². The van der Waals surface area contributed by atoms with Gasteiger partial charge in [0.1, 0.15) is 4.99 Å². The van der Waals surface area contributed by atoms with Crippen LogP contribution in [0.2, 0.25) is 0 Å². The number of aryl methyl sites for hydroxylation is 1. The van der Waals surface area contributed by atoms with Crippen molar-refractivity contribution in [2.75, 3.05) is 7.11 Å². The third-order valence-corrected chi connectivity index (χ3v) is 3.11. The van der Waals surface area contributed by atoms with Crippen molar-refractivity contribution in [3.8, 4) is 17.4 Å². The van der Waals surface area contributed by atoms with Crippen LogP contribution in [0.15, 0.2) is 36.5 Å². The van der Waals surface area contributed by atoms with Crippen LogP contribution in [-0.4, -0.2) is 17.1 Å². The molecule has 2 rings (SSSR count). The van der Waals surface area contributed by atoms with Crippen molar-refractivity contribution in [1.29, 1.82) is 0 Å². The Morgan fingerprint density at radius 2 is 2.05 bits per heavy atom. The minimum atomic E-state index is 0.311. The van der Waals surface area contributed by atoms with E-state index in [0.29, 0.717) is 27.9 Å². The first-order valence-electron chi connectivity index (χ1n) is 6.24. The number of hydrogen-bond donors (Lipinski definition) is 1. The highest BCUT2D eigenvalue weighted by atomic mass is 32.1. The summed E-state index contributed by atoms with van der Waals surface area (Å²) in [6.45, 7) is 2.09. The molecule has 0 fully saturated rings. The molecule has 5 heteroatoms. The van der Waals surface area contributed by atoms with Crippen molar-refractivity contribution in [2.24, 2.45) is 5.73 Å². The van der Waals surface area contributed by atoms with Gasteiger partial charge in [0.15, 0.2) is 11.5 Å². The molecule has 0 aliphatic carbocycles. The summed E-state index contributed by atoms with van der Waals surface area (Å²) in [5.74, 6) is 1.71. The Labute approximate surface area is 123 Å². The minimum absolute atomic E-state index is 0.311. The summed E-state index contributed by atoms with van der Waals surface area (Å²) in [6, 6.07) is 9.26. The van der Waals surface area contributed by atoms with Gasteiger partial charge in [-0.25, -0.2) is 4.98 Å². The summed E-state index contributed by atoms with van der Waals surface area (Å²) in [5.41, 5.74) is 7.49. The van der Waals surface area contributed by atoms with Gasteiger partial charge < -0.3 is 15.2 Å². The summed E-state index contributed by atoms with van der Waals surface area (Å²) in [6.07, 6.45) is 2.54. The van der Waals surface area contributed by atoms with E-state index >= 15 is 0 Å². The summed E-state index contributed by atoms with van der Waals surface area (Å²) >= 11 is 4.94. The lowest BCUT2D eigenvalue weighted by atomic mass is 10.1. The average molecular weight is 288 g/mol. The molecule has 0 atom stereocenters. The number of aromatic nitrogens is 1. The molecule has 104 valence electrons. The topological polar surface area (TPSA) is 57.4 Å². The van der Waals surface area contributed by atoms with Crippen molar-refractivity contribution in [2.45, 2.75) is 13.3 Å². The zero-order valence-electron chi connectivity index (χ0n) is 11.4. The quantitative estimate of drug-likeness (QED) is 0.857. The third-order valence-electron chi connectivity index (χ3n) is 2.87. The molecule has 2 aromatic rings. The lowest BCUT2D eigenvalue weighted by Gasteiger charge is -2.11. The average Bonchev–Trinajstić information content (AvgIpc) is 2.48. The molecule has 0 unspecified atom stereocenters. The standard InChI is InChI=1S/C15H16N2O2S/c1-3-10-4-5-12(13(8-10)18-2)19-14-9-11(15(16)20)6-7-17-14/h4-9H,3H2,1-2H3,(H2,16,20). The number of methoxy groups -OCH3 is 1. The van der Waals surface area contributed by atoms with Gasteiger partial charge in [-0.15, -0.1) is 0 Å². The van der Waals surface area contributed by atoms with E-state index in [0.717, 1.165) is 6.42 Å². The van der Waals surface area contributed by atoms with Gasteiger partial charge in [-0.3, -0.25) is 0 Å². The molecule has 20 heavy (non-hydrogen) atoms. The Kier molecular flexibility index (Phi) is 4.53. The van der Waals surface area contributed by atoms with Crippen LogP contribution in [0.5, 0.6) is 17.4 Å². The van der Waals surface area contributed by atoms with Crippen molar-refractivity contribution < 1.29 is 9.47 Å². The lowest BCUT2D eigenvalue weighted by Crippen LogP contribution is -2.09. The first-order chi connectivity index (χ1) is 9.63. The first-order valence-corrected chi connectivity index (χ1v) is 6.65. The Balaban J connectivity index is 2.29. The van der Waals surface area contributed by atoms with E-state index in [1.165, 1.54) is 5.56 Å². The number of thiocarbonyl (C=S) groups is 1. The van der Waals surface area contributed by atoms with Gasteiger partial charge in [-0.2, -0.15) is 0 Å². The molecule has 0 radical (unpaired) electrons. The molecule has 0 amide bonds. The van der Waals surface area contributed by atoms with Crippen molar-refractivity contribution >= 4 is 17.2 Å². The molecule has 1 aromatic heterocycles. The summed E-state index contributed by atoms with van der Waals surface area (Å²) in [7, 11) is 1.61. The number of hydrogen-bond acceptors (Lipinski definition) is 4. The maximum absolute atomic E-state index is 5.74. The van der Waals surface area contributed by atoms with E-state index in [1.807, 2.05) is 18.2 Å². The van der Waals surface area contributed by atoms with Crippen molar-refractivity contribution in [3.05, 3.63) is 47.7 Å². The molecule has 0 spiro atoms. The van der Waals surface area contributed by atoms with Gasteiger partial charge in [-0.05, 0) is 30.2 Å². The molecule has 0 saturated carbocycles. The van der Waals surface area contributed by atoms with Gasteiger partial charge >= 0.3 is 0 Å². The van der Waals surface area contributed by atoms with E-state index in [1.54, 1.807) is 25.4 Å². The lowest BCUT2D eigenvalue weighted by molar-refractivity contribution is 0.373. The third kappa shape index (κ3) is 3.24. The van der Waals surface area contributed by atoms with E-state index in [9.17, 15) is 0 Å². The number of rotatable bonds is 5. The van der Waals surface area contributed by atoms with Crippen molar-refractivity contribution in [3.63, 3.8) is 0 Å². The van der Waals surface area contributed by atoms with E-state index in [-0.39, 0.29) is 0 Å². The van der Waals surface area contributed by atoms with Gasteiger partial charge in [0.2, 0.25) is 5.88 Å². The first kappa shape index (κ1) is 14.3. The molecule has 1 aromatic carbocycles. The van der Waals surface area contributed by atoms with Gasteiger partial charge in [0, 0.05) is 17.8 Å². The van der Waals surface area contributed by atoms with Gasteiger partial charge in [-0.1, -0.05) is 25.2 Å². The number of nitrogens with zero attached hydrogens (tertiary/aromatic N) is 1. The molecule has 1 heterocycles. The number of nitrogens with two attached hydrogens (primary N) is 1. The molecule has 0 bridgehead atoms. The highest BCUT2D eigenvalue weighted by molar-refractivity contribution is 7.80. The zero-order chi connectivity index (χ0) is 14.5. The Morgan fingerprint density at radius 3 is 2.70 bits per heavy atom. The fourth-order valence-electron chi connectivity index (χ4n) is 1.75. The van der Waals surface area contributed by atoms with Crippen LogP contribution < -0.4 is 15.2 Å². The second-order valence-electron chi connectivity index (χ2n) is 4.19. The summed E-state index contributed by atoms with van der Waals surface area (Å²) in [4.78, 5) is 4.45. The summed E-state index contributed by atoms with van der Waals surface area (Å²) < 4.78 is 11.1. The minimum Gasteiger partial charge on any atom is -0.493 e. The fraction of sp³-hybridized carbons (Fsp3) is 0.200. The van der Waals surface area contributed by atoms with E-state index in [4.69, 9.17) is 27.4 Å². The second-order valence-corrected chi connectivity index (χ2v) is 4.63. The van der Waals surface area contributed by atoms with Gasteiger partial charge in [0.25, 0.3) is 0 Å². The largest absolute Gasteiger partial charge is 0.493 e. The van der Waals surface area contributed by atoms with Crippen LogP contribution in [0, 0.1) is 0 Å². The van der Waals surface area contributed by atoms with Crippen LogP contribution in [0.1, 0.15) is 18.1 Å². The second kappa shape index (κ2) is 6.34. The molecular formula is C15H16N2O2S. The smallest absolute Gasteiger partial charge is 0.220 e. The molecule has 0 aliphatic rings. The maximum Gasteiger partial charge on any atom is 0.220 e. The highest BCUT2D eigenvalue weighted by Crippen LogP contribution is 2.31. The molecular weight excluding hydrogens is 272 g/mol. The maximum atomic E-state index is 5.74. The number of ether oxygens (including phenoxy) is 2. The SMILES string of the molecule is CCc1ccc(Oc2cc(C(N)=S)ccn2)c(OC)c1. The normalized spacial score (nSPS) is 10.1. The zero-order valence-corrected chi connectivity index (χ0v) is 12.2. The van der Waals surface area contributed by atoms with Crippen LogP contribution >= 0.6 is 12.2 Å². The van der Waals surface area contributed by atoms with Crippen molar-refractivity contribution in [1.82, 2.24) is 4.98 Å². The predicted molar refractivity (Wildman–Crippen MR) is 82.6 cm³/mol. The molecule has 4 nitrogen and oxygen atoms in total. The number of pyridine rings is 1. The monoisotopic (exact) mass is 288 g/mol.